The number of ether oxygens (including phenoxy) is 4. The zero-order chi connectivity index (χ0) is 21.6. The van der Waals surface area contributed by atoms with Crippen molar-refractivity contribution in [2.75, 3.05) is 33.6 Å². The fourth-order valence-corrected chi connectivity index (χ4v) is 3.32. The molecule has 1 fully saturated rings. The third-order valence-corrected chi connectivity index (χ3v) is 4.52. The molecule has 0 bridgehead atoms. The Hall–Kier alpha value is -2.55. The molecule has 162 valence electrons. The van der Waals surface area contributed by atoms with Crippen molar-refractivity contribution in [2.24, 2.45) is 5.92 Å². The van der Waals surface area contributed by atoms with E-state index in [0.29, 0.717) is 29.0 Å². The van der Waals surface area contributed by atoms with Crippen LogP contribution in [0.25, 0.3) is 0 Å². The Kier molecular flexibility index (Phi) is 7.66. The highest BCUT2D eigenvalue weighted by molar-refractivity contribution is 5.76. The second-order valence-electron chi connectivity index (χ2n) is 7.86. The number of esters is 1. The van der Waals surface area contributed by atoms with Gasteiger partial charge in [0.05, 0.1) is 12.5 Å². The Morgan fingerprint density at radius 3 is 2.69 bits per heavy atom. The number of hydrogen-bond acceptors (Lipinski definition) is 7. The molecule has 0 unspecified atom stereocenters. The van der Waals surface area contributed by atoms with Gasteiger partial charge in [-0.1, -0.05) is 0 Å². The van der Waals surface area contributed by atoms with Crippen LogP contribution in [0.5, 0.6) is 5.75 Å². The Labute approximate surface area is 171 Å². The van der Waals surface area contributed by atoms with Crippen LogP contribution in [0.2, 0.25) is 0 Å². The lowest BCUT2D eigenvalue weighted by atomic mass is 9.80. The predicted molar refractivity (Wildman–Crippen MR) is 103 cm³/mol. The molecule has 0 aliphatic carbocycles. The largest absolute Gasteiger partial charge is 0.619 e. The van der Waals surface area contributed by atoms with Crippen LogP contribution in [0, 0.1) is 11.1 Å². The summed E-state index contributed by atoms with van der Waals surface area (Å²) in [5.74, 6) is -0.943. The molecule has 2 atom stereocenters. The Morgan fingerprint density at radius 1 is 1.34 bits per heavy atom. The lowest BCUT2D eigenvalue weighted by Gasteiger charge is -2.38. The standard InChI is InChI=1S/C20H30N2O7/c1-6-27-18(23)16-11-21(19(24)29-20(2,3)4)9-7-14(16)15-8-10-22(25)12-17(15)28-13-26-5/h8,10,12,14,16H,6-7,9,11,13H2,1-5H3/t14-,16+/m1/s1. The molecule has 1 amide bonds. The Bertz CT molecular complexity index is 717. The smallest absolute Gasteiger partial charge is 0.410 e. The van der Waals surface area contributed by atoms with Crippen molar-refractivity contribution in [3.8, 4) is 5.75 Å². The number of hydrogen-bond donors (Lipinski definition) is 0. The first-order valence-corrected chi connectivity index (χ1v) is 9.65. The van der Waals surface area contributed by atoms with Crippen molar-refractivity contribution < 1.29 is 33.3 Å². The van der Waals surface area contributed by atoms with E-state index in [0.717, 1.165) is 0 Å². The van der Waals surface area contributed by atoms with E-state index < -0.39 is 23.6 Å². The van der Waals surface area contributed by atoms with Crippen LogP contribution in [-0.2, 0) is 19.0 Å². The number of rotatable bonds is 6. The van der Waals surface area contributed by atoms with Gasteiger partial charge in [-0.2, -0.15) is 4.73 Å². The third kappa shape index (κ3) is 6.22. The molecular weight excluding hydrogens is 380 g/mol. The zero-order valence-electron chi connectivity index (χ0n) is 17.7. The molecule has 2 rings (SSSR count). The first-order chi connectivity index (χ1) is 13.7. The van der Waals surface area contributed by atoms with Gasteiger partial charge in [0.15, 0.2) is 18.7 Å². The average molecular weight is 410 g/mol. The summed E-state index contributed by atoms with van der Waals surface area (Å²) in [6.07, 6.45) is 2.69. The summed E-state index contributed by atoms with van der Waals surface area (Å²) in [6, 6.07) is 1.64. The summed E-state index contributed by atoms with van der Waals surface area (Å²) >= 11 is 0. The normalized spacial score (nSPS) is 19.6. The van der Waals surface area contributed by atoms with Crippen molar-refractivity contribution >= 4 is 12.1 Å². The van der Waals surface area contributed by atoms with Crippen LogP contribution < -0.4 is 9.47 Å². The number of nitrogens with zero attached hydrogens (tertiary/aromatic N) is 2. The van der Waals surface area contributed by atoms with Gasteiger partial charge in [0.2, 0.25) is 6.20 Å². The predicted octanol–water partition coefficient (Wildman–Crippen LogP) is 2.21. The van der Waals surface area contributed by atoms with E-state index in [4.69, 9.17) is 18.9 Å². The summed E-state index contributed by atoms with van der Waals surface area (Å²) in [5, 5.41) is 11.7. The monoisotopic (exact) mass is 410 g/mol. The van der Waals surface area contributed by atoms with Gasteiger partial charge in [-0.3, -0.25) is 4.79 Å². The highest BCUT2D eigenvalue weighted by Gasteiger charge is 2.40. The number of carbonyl (C=O) groups is 2. The van der Waals surface area contributed by atoms with Crippen molar-refractivity contribution in [1.82, 2.24) is 4.90 Å². The maximum Gasteiger partial charge on any atom is 0.410 e. The molecule has 0 saturated carbocycles. The Balaban J connectivity index is 2.30. The lowest BCUT2D eigenvalue weighted by molar-refractivity contribution is -0.606. The van der Waals surface area contributed by atoms with Gasteiger partial charge in [0, 0.05) is 37.7 Å². The number of aromatic nitrogens is 1. The summed E-state index contributed by atoms with van der Waals surface area (Å²) in [5.41, 5.74) is 0.0754. The molecule has 29 heavy (non-hydrogen) atoms. The number of pyridine rings is 1. The number of amides is 1. The van der Waals surface area contributed by atoms with Gasteiger partial charge in [-0.05, 0) is 34.1 Å². The van der Waals surface area contributed by atoms with Crippen LogP contribution >= 0.6 is 0 Å². The topological polar surface area (TPSA) is 101 Å². The van der Waals surface area contributed by atoms with Gasteiger partial charge in [-0.15, -0.1) is 0 Å². The van der Waals surface area contributed by atoms with Gasteiger partial charge >= 0.3 is 12.1 Å². The minimum atomic E-state index is -0.629. The number of carbonyl (C=O) groups excluding carboxylic acids is 2. The van der Waals surface area contributed by atoms with Gasteiger partial charge in [0.1, 0.15) is 5.60 Å². The molecule has 0 aromatic carbocycles. The highest BCUT2D eigenvalue weighted by atomic mass is 16.7. The van der Waals surface area contributed by atoms with E-state index in [1.165, 1.54) is 24.4 Å². The fourth-order valence-electron chi connectivity index (χ4n) is 3.32. The first kappa shape index (κ1) is 22.7. The lowest BCUT2D eigenvalue weighted by Crippen LogP contribution is -2.48. The Morgan fingerprint density at radius 2 is 2.07 bits per heavy atom. The zero-order valence-corrected chi connectivity index (χ0v) is 17.7. The minimum Gasteiger partial charge on any atom is -0.619 e. The molecular formula is C20H30N2O7. The molecule has 1 aromatic heterocycles. The second-order valence-corrected chi connectivity index (χ2v) is 7.86. The van der Waals surface area contributed by atoms with Gasteiger partial charge in [-0.25, -0.2) is 4.79 Å². The van der Waals surface area contributed by atoms with Gasteiger partial charge < -0.3 is 29.1 Å². The van der Waals surface area contributed by atoms with Gasteiger partial charge in [0.25, 0.3) is 0 Å². The SMILES string of the molecule is CCOC(=O)[C@H]1CN(C(=O)OC(C)(C)C)CC[C@@H]1c1cc[n+]([O-])cc1OCOC. The fraction of sp³-hybridized carbons (Fsp3) is 0.650. The van der Waals surface area contributed by atoms with E-state index >= 15 is 0 Å². The summed E-state index contributed by atoms with van der Waals surface area (Å²) < 4.78 is 21.8. The minimum absolute atomic E-state index is 0.0299. The molecule has 1 saturated heterocycles. The highest BCUT2D eigenvalue weighted by Crippen LogP contribution is 2.38. The van der Waals surface area contributed by atoms with E-state index in [-0.39, 0.29) is 25.9 Å². The third-order valence-electron chi connectivity index (χ3n) is 4.52. The van der Waals surface area contributed by atoms with E-state index in [1.54, 1.807) is 33.8 Å². The maximum absolute atomic E-state index is 12.7. The molecule has 1 aliphatic heterocycles. The van der Waals surface area contributed by atoms with Crippen LogP contribution in [0.1, 0.15) is 45.6 Å². The molecule has 0 radical (unpaired) electrons. The number of likely N-dealkylation sites (tertiary alicyclic amines) is 1. The molecule has 9 nitrogen and oxygen atoms in total. The molecule has 2 heterocycles. The van der Waals surface area contributed by atoms with Crippen molar-refractivity contribution in [3.63, 3.8) is 0 Å². The van der Waals surface area contributed by atoms with Crippen molar-refractivity contribution in [1.29, 1.82) is 0 Å². The van der Waals surface area contributed by atoms with Crippen LogP contribution in [-0.4, -0.2) is 56.2 Å². The molecule has 1 aromatic rings. The van der Waals surface area contributed by atoms with E-state index in [9.17, 15) is 14.8 Å². The van der Waals surface area contributed by atoms with E-state index in [2.05, 4.69) is 0 Å². The number of piperidine rings is 1. The average Bonchev–Trinajstić information content (AvgIpc) is 2.65. The quantitative estimate of drug-likeness (QED) is 0.307. The summed E-state index contributed by atoms with van der Waals surface area (Å²) in [4.78, 5) is 26.7. The first-order valence-electron chi connectivity index (χ1n) is 9.65. The molecule has 9 heteroatoms. The van der Waals surface area contributed by atoms with Crippen LogP contribution in [0.3, 0.4) is 0 Å². The van der Waals surface area contributed by atoms with E-state index in [1.807, 2.05) is 0 Å². The summed E-state index contributed by atoms with van der Waals surface area (Å²) in [6.45, 7) is 7.89. The maximum atomic E-state index is 12.7. The van der Waals surface area contributed by atoms with Crippen molar-refractivity contribution in [3.05, 3.63) is 29.2 Å². The van der Waals surface area contributed by atoms with Crippen LogP contribution in [0.4, 0.5) is 4.79 Å². The molecule has 1 aliphatic rings. The summed E-state index contributed by atoms with van der Waals surface area (Å²) in [7, 11) is 1.48. The number of methoxy groups -OCH3 is 1. The molecule has 0 spiro atoms. The second kappa shape index (κ2) is 9.78. The van der Waals surface area contributed by atoms with Crippen LogP contribution in [0.15, 0.2) is 18.5 Å². The molecule has 0 N–H and O–H groups in total. The van der Waals surface area contributed by atoms with Crippen molar-refractivity contribution in [2.45, 2.75) is 45.6 Å².